The Morgan fingerprint density at radius 2 is 2.06 bits per heavy atom. The van der Waals surface area contributed by atoms with Crippen LogP contribution in [0, 0.1) is 0 Å². The van der Waals surface area contributed by atoms with Crippen molar-refractivity contribution in [3.8, 4) is 5.75 Å². The predicted octanol–water partition coefficient (Wildman–Crippen LogP) is 4.87. The SMILES string of the molecule is CCOc1c(CCCCl)cccc1SC(F)(F)F. The first kappa shape index (κ1) is 15.5. The molecule has 1 aromatic rings. The van der Waals surface area contributed by atoms with Crippen LogP contribution >= 0.6 is 23.4 Å². The number of hydrogen-bond donors (Lipinski definition) is 0. The average Bonchev–Trinajstić information content (AvgIpc) is 2.28. The van der Waals surface area contributed by atoms with Gasteiger partial charge in [-0.3, -0.25) is 0 Å². The van der Waals surface area contributed by atoms with Crippen molar-refractivity contribution in [1.82, 2.24) is 0 Å². The van der Waals surface area contributed by atoms with Crippen LogP contribution in [-0.2, 0) is 6.42 Å². The molecule has 0 radical (unpaired) electrons. The summed E-state index contributed by atoms with van der Waals surface area (Å²) in [7, 11) is 0. The van der Waals surface area contributed by atoms with Crippen molar-refractivity contribution < 1.29 is 17.9 Å². The van der Waals surface area contributed by atoms with Gasteiger partial charge >= 0.3 is 5.51 Å². The Labute approximate surface area is 114 Å². The standard InChI is InChI=1S/C12H14ClF3OS/c1-2-17-11-9(6-4-8-13)5-3-7-10(11)18-12(14,15)16/h3,5,7H,2,4,6,8H2,1H3. The summed E-state index contributed by atoms with van der Waals surface area (Å²) in [5.41, 5.74) is -3.54. The first-order valence-corrected chi connectivity index (χ1v) is 6.89. The average molecular weight is 299 g/mol. The molecule has 0 aliphatic rings. The number of thioether (sulfide) groups is 1. The molecule has 0 unspecified atom stereocenters. The van der Waals surface area contributed by atoms with Crippen LogP contribution in [-0.4, -0.2) is 18.0 Å². The molecular formula is C12H14ClF3OS. The zero-order valence-electron chi connectivity index (χ0n) is 9.89. The van der Waals surface area contributed by atoms with Crippen LogP contribution in [0.3, 0.4) is 0 Å². The Balaban J connectivity index is 3.00. The number of alkyl halides is 4. The van der Waals surface area contributed by atoms with Gasteiger partial charge in [-0.15, -0.1) is 11.6 Å². The van der Waals surface area contributed by atoms with Gasteiger partial charge in [0.15, 0.2) is 0 Å². The molecule has 0 aliphatic carbocycles. The highest BCUT2D eigenvalue weighted by atomic mass is 35.5. The fourth-order valence-electron chi connectivity index (χ4n) is 1.53. The Bertz CT molecular complexity index is 382. The van der Waals surface area contributed by atoms with Gasteiger partial charge < -0.3 is 4.74 Å². The zero-order chi connectivity index (χ0) is 13.6. The number of para-hydroxylation sites is 1. The second-order valence-corrected chi connectivity index (χ2v) is 5.00. The maximum atomic E-state index is 12.4. The zero-order valence-corrected chi connectivity index (χ0v) is 11.5. The van der Waals surface area contributed by atoms with E-state index in [1.54, 1.807) is 19.1 Å². The Morgan fingerprint density at radius 1 is 1.33 bits per heavy atom. The summed E-state index contributed by atoms with van der Waals surface area (Å²) in [5, 5.41) is 0. The summed E-state index contributed by atoms with van der Waals surface area (Å²) in [4.78, 5) is 0.108. The summed E-state index contributed by atoms with van der Waals surface area (Å²) in [5.74, 6) is 0.801. The van der Waals surface area contributed by atoms with Gasteiger partial charge in [0.05, 0.1) is 11.5 Å². The lowest BCUT2D eigenvalue weighted by Gasteiger charge is -2.15. The Morgan fingerprint density at radius 3 is 2.61 bits per heavy atom. The molecule has 0 saturated carbocycles. The maximum Gasteiger partial charge on any atom is 0.446 e. The third-order valence-electron chi connectivity index (χ3n) is 2.15. The fourth-order valence-corrected chi connectivity index (χ4v) is 2.34. The molecule has 0 heterocycles. The minimum absolute atomic E-state index is 0.108. The first-order chi connectivity index (χ1) is 8.48. The molecule has 0 saturated heterocycles. The summed E-state index contributed by atoms with van der Waals surface area (Å²) < 4.78 is 42.6. The highest BCUT2D eigenvalue weighted by Gasteiger charge is 2.31. The van der Waals surface area contributed by atoms with E-state index < -0.39 is 5.51 Å². The van der Waals surface area contributed by atoms with Gasteiger partial charge in [-0.1, -0.05) is 12.1 Å². The van der Waals surface area contributed by atoms with Gasteiger partial charge in [0.25, 0.3) is 0 Å². The quantitative estimate of drug-likeness (QED) is 0.547. The number of aryl methyl sites for hydroxylation is 1. The van der Waals surface area contributed by atoms with E-state index in [1.807, 2.05) is 0 Å². The monoisotopic (exact) mass is 298 g/mol. The topological polar surface area (TPSA) is 9.23 Å². The van der Waals surface area contributed by atoms with Gasteiger partial charge in [0.2, 0.25) is 0 Å². The molecule has 0 amide bonds. The molecular weight excluding hydrogens is 285 g/mol. The van der Waals surface area contributed by atoms with Crippen molar-refractivity contribution in [2.75, 3.05) is 12.5 Å². The molecule has 0 spiro atoms. The van der Waals surface area contributed by atoms with Crippen LogP contribution < -0.4 is 4.74 Å². The lowest BCUT2D eigenvalue weighted by atomic mass is 10.1. The van der Waals surface area contributed by atoms with Crippen LogP contribution in [0.2, 0.25) is 0 Å². The summed E-state index contributed by atoms with van der Waals surface area (Å²) in [6.07, 6.45) is 1.33. The molecule has 1 nitrogen and oxygen atoms in total. The Hall–Kier alpha value is -0.550. The normalized spacial score (nSPS) is 11.6. The van der Waals surface area contributed by atoms with E-state index in [4.69, 9.17) is 16.3 Å². The lowest BCUT2D eigenvalue weighted by molar-refractivity contribution is -0.0329. The molecule has 0 atom stereocenters. The van der Waals surface area contributed by atoms with E-state index >= 15 is 0 Å². The second-order valence-electron chi connectivity index (χ2n) is 3.52. The molecule has 102 valence electrons. The maximum absolute atomic E-state index is 12.4. The fraction of sp³-hybridized carbons (Fsp3) is 0.500. The van der Waals surface area contributed by atoms with Crippen molar-refractivity contribution in [1.29, 1.82) is 0 Å². The van der Waals surface area contributed by atoms with Crippen LogP contribution in [0.4, 0.5) is 13.2 Å². The van der Waals surface area contributed by atoms with Gasteiger partial charge in [-0.2, -0.15) is 13.2 Å². The highest BCUT2D eigenvalue weighted by molar-refractivity contribution is 8.00. The van der Waals surface area contributed by atoms with Crippen molar-refractivity contribution in [2.24, 2.45) is 0 Å². The molecule has 0 aliphatic heterocycles. The summed E-state index contributed by atoms with van der Waals surface area (Å²) >= 11 is 5.46. The smallest absolute Gasteiger partial charge is 0.446 e. The van der Waals surface area contributed by atoms with E-state index in [1.165, 1.54) is 6.07 Å². The van der Waals surface area contributed by atoms with Crippen molar-refractivity contribution in [3.05, 3.63) is 23.8 Å². The van der Waals surface area contributed by atoms with E-state index in [0.717, 1.165) is 5.56 Å². The molecule has 0 N–H and O–H groups in total. The lowest BCUT2D eigenvalue weighted by Crippen LogP contribution is -2.04. The minimum Gasteiger partial charge on any atom is -0.492 e. The van der Waals surface area contributed by atoms with Crippen molar-refractivity contribution >= 4 is 23.4 Å². The molecule has 6 heteroatoms. The van der Waals surface area contributed by atoms with Gasteiger partial charge in [-0.25, -0.2) is 0 Å². The van der Waals surface area contributed by atoms with Crippen molar-refractivity contribution in [3.63, 3.8) is 0 Å². The predicted molar refractivity (Wildman–Crippen MR) is 68.6 cm³/mol. The number of halogens is 4. The van der Waals surface area contributed by atoms with Crippen LogP contribution in [0.1, 0.15) is 18.9 Å². The molecule has 0 bridgehead atoms. The molecule has 1 aromatic carbocycles. The Kier molecular flexibility index (Phi) is 6.15. The molecule has 18 heavy (non-hydrogen) atoms. The van der Waals surface area contributed by atoms with E-state index in [-0.39, 0.29) is 16.7 Å². The molecule has 0 aromatic heterocycles. The third-order valence-corrected chi connectivity index (χ3v) is 3.19. The summed E-state index contributed by atoms with van der Waals surface area (Å²) in [6.45, 7) is 2.09. The van der Waals surface area contributed by atoms with Crippen molar-refractivity contribution in [2.45, 2.75) is 30.2 Å². The van der Waals surface area contributed by atoms with Crippen LogP contribution in [0.15, 0.2) is 23.1 Å². The van der Waals surface area contributed by atoms with Crippen LogP contribution in [0.25, 0.3) is 0 Å². The van der Waals surface area contributed by atoms with Crippen LogP contribution in [0.5, 0.6) is 5.75 Å². The first-order valence-electron chi connectivity index (χ1n) is 5.54. The van der Waals surface area contributed by atoms with E-state index in [2.05, 4.69) is 0 Å². The molecule has 0 fully saturated rings. The molecule has 1 rings (SSSR count). The number of ether oxygens (including phenoxy) is 1. The largest absolute Gasteiger partial charge is 0.492 e. The summed E-state index contributed by atoms with van der Waals surface area (Å²) in [6, 6.07) is 4.81. The third kappa shape index (κ3) is 4.98. The number of rotatable bonds is 6. The van der Waals surface area contributed by atoms with Gasteiger partial charge in [0, 0.05) is 5.88 Å². The van der Waals surface area contributed by atoms with Gasteiger partial charge in [0.1, 0.15) is 5.75 Å². The highest BCUT2D eigenvalue weighted by Crippen LogP contribution is 2.42. The van der Waals surface area contributed by atoms with Gasteiger partial charge in [-0.05, 0) is 43.2 Å². The number of hydrogen-bond acceptors (Lipinski definition) is 2. The van der Waals surface area contributed by atoms with E-state index in [9.17, 15) is 13.2 Å². The second kappa shape index (κ2) is 7.14. The minimum atomic E-state index is -4.31. The van der Waals surface area contributed by atoms with E-state index in [0.29, 0.717) is 31.1 Å². The number of benzene rings is 1.